The molecule has 26 heavy (non-hydrogen) atoms. The zero-order valence-corrected chi connectivity index (χ0v) is 14.8. The van der Waals surface area contributed by atoms with Crippen molar-refractivity contribution in [3.63, 3.8) is 0 Å². The first kappa shape index (κ1) is 16.7. The molecule has 4 heterocycles. The molecule has 0 aliphatic carbocycles. The van der Waals surface area contributed by atoms with Gasteiger partial charge in [0.15, 0.2) is 11.2 Å². The third kappa shape index (κ3) is 2.58. The Bertz CT molecular complexity index is 1090. The SMILES string of the molecule is Cn1c(=O)c2c(ncn2CCN2CCn3nc(CO)cc3C2)n(C)c1=O. The van der Waals surface area contributed by atoms with Crippen LogP contribution in [0.1, 0.15) is 11.4 Å². The fourth-order valence-electron chi connectivity index (χ4n) is 3.46. The lowest BCUT2D eigenvalue weighted by molar-refractivity contribution is 0.205. The Hall–Kier alpha value is -2.72. The Morgan fingerprint density at radius 1 is 1.15 bits per heavy atom. The molecule has 1 aliphatic heterocycles. The van der Waals surface area contributed by atoms with Crippen LogP contribution >= 0.6 is 0 Å². The van der Waals surface area contributed by atoms with Crippen LogP contribution in [-0.2, 0) is 40.3 Å². The molecule has 0 saturated carbocycles. The lowest BCUT2D eigenvalue weighted by Crippen LogP contribution is -2.38. The Labute approximate surface area is 148 Å². The van der Waals surface area contributed by atoms with Crippen LogP contribution in [0.5, 0.6) is 0 Å². The summed E-state index contributed by atoms with van der Waals surface area (Å²) < 4.78 is 6.24. The smallest absolute Gasteiger partial charge is 0.332 e. The van der Waals surface area contributed by atoms with Crippen molar-refractivity contribution in [3.05, 3.63) is 44.6 Å². The first-order valence-electron chi connectivity index (χ1n) is 8.49. The van der Waals surface area contributed by atoms with Gasteiger partial charge in [0.2, 0.25) is 0 Å². The molecule has 1 N–H and O–H groups in total. The molecule has 10 nitrogen and oxygen atoms in total. The minimum absolute atomic E-state index is 0.0525. The lowest BCUT2D eigenvalue weighted by atomic mass is 10.3. The fourth-order valence-corrected chi connectivity index (χ4v) is 3.46. The summed E-state index contributed by atoms with van der Waals surface area (Å²) >= 11 is 0. The van der Waals surface area contributed by atoms with E-state index < -0.39 is 0 Å². The van der Waals surface area contributed by atoms with Gasteiger partial charge in [0, 0.05) is 40.3 Å². The average Bonchev–Trinajstić information content (AvgIpc) is 3.26. The number of rotatable bonds is 4. The Balaban J connectivity index is 1.56. The minimum atomic E-state index is -0.378. The van der Waals surface area contributed by atoms with Crippen LogP contribution in [0.15, 0.2) is 22.0 Å². The quantitative estimate of drug-likeness (QED) is 0.617. The van der Waals surface area contributed by atoms with E-state index in [0.717, 1.165) is 36.4 Å². The summed E-state index contributed by atoms with van der Waals surface area (Å²) in [6.07, 6.45) is 1.61. The molecule has 0 amide bonds. The second kappa shape index (κ2) is 6.22. The van der Waals surface area contributed by atoms with E-state index in [-0.39, 0.29) is 17.9 Å². The zero-order valence-electron chi connectivity index (χ0n) is 14.8. The Morgan fingerprint density at radius 2 is 1.96 bits per heavy atom. The first-order chi connectivity index (χ1) is 12.5. The fraction of sp³-hybridized carbons (Fsp3) is 0.500. The molecule has 0 fully saturated rings. The van der Waals surface area contributed by atoms with Gasteiger partial charge in [-0.2, -0.15) is 5.10 Å². The average molecular weight is 359 g/mol. The highest BCUT2D eigenvalue weighted by molar-refractivity contribution is 5.69. The maximum Gasteiger partial charge on any atom is 0.332 e. The Kier molecular flexibility index (Phi) is 4.00. The summed E-state index contributed by atoms with van der Waals surface area (Å²) in [4.78, 5) is 31.0. The monoisotopic (exact) mass is 359 g/mol. The van der Waals surface area contributed by atoms with E-state index in [1.165, 1.54) is 11.6 Å². The van der Waals surface area contributed by atoms with Crippen molar-refractivity contribution in [2.45, 2.75) is 26.2 Å². The van der Waals surface area contributed by atoms with Crippen LogP contribution in [0, 0.1) is 0 Å². The summed E-state index contributed by atoms with van der Waals surface area (Å²) in [6, 6.07) is 1.92. The van der Waals surface area contributed by atoms with Crippen molar-refractivity contribution in [1.82, 2.24) is 33.4 Å². The summed E-state index contributed by atoms with van der Waals surface area (Å²) in [5.74, 6) is 0. The van der Waals surface area contributed by atoms with Gasteiger partial charge in [0.1, 0.15) is 0 Å². The highest BCUT2D eigenvalue weighted by atomic mass is 16.3. The third-order valence-corrected chi connectivity index (χ3v) is 4.96. The number of fused-ring (bicyclic) bond motifs is 2. The third-order valence-electron chi connectivity index (χ3n) is 4.96. The molecular weight excluding hydrogens is 338 g/mol. The molecule has 0 atom stereocenters. The summed E-state index contributed by atoms with van der Waals surface area (Å²) in [5.41, 5.74) is 1.91. The second-order valence-corrected chi connectivity index (χ2v) is 6.60. The summed E-state index contributed by atoms with van der Waals surface area (Å²) in [6.45, 7) is 3.67. The summed E-state index contributed by atoms with van der Waals surface area (Å²) in [7, 11) is 3.10. The van der Waals surface area contributed by atoms with Gasteiger partial charge in [-0.1, -0.05) is 0 Å². The number of hydrogen-bond acceptors (Lipinski definition) is 6. The predicted molar refractivity (Wildman–Crippen MR) is 93.6 cm³/mol. The molecule has 0 aromatic carbocycles. The Morgan fingerprint density at radius 3 is 2.73 bits per heavy atom. The number of aliphatic hydroxyl groups is 1. The highest BCUT2D eigenvalue weighted by Crippen LogP contribution is 2.14. The molecule has 0 spiro atoms. The minimum Gasteiger partial charge on any atom is -0.390 e. The molecule has 3 aromatic heterocycles. The van der Waals surface area contributed by atoms with E-state index in [9.17, 15) is 14.7 Å². The maximum atomic E-state index is 12.5. The highest BCUT2D eigenvalue weighted by Gasteiger charge is 2.19. The predicted octanol–water partition coefficient (Wildman–Crippen LogP) is -1.36. The van der Waals surface area contributed by atoms with Crippen LogP contribution in [0.4, 0.5) is 0 Å². The van der Waals surface area contributed by atoms with Gasteiger partial charge in [-0.25, -0.2) is 9.78 Å². The zero-order chi connectivity index (χ0) is 18.4. The summed E-state index contributed by atoms with van der Waals surface area (Å²) in [5, 5.41) is 13.6. The van der Waals surface area contributed by atoms with Crippen molar-refractivity contribution < 1.29 is 5.11 Å². The first-order valence-corrected chi connectivity index (χ1v) is 8.49. The van der Waals surface area contributed by atoms with Crippen molar-refractivity contribution in [2.24, 2.45) is 14.1 Å². The number of nitrogens with zero attached hydrogens (tertiary/aromatic N) is 7. The van der Waals surface area contributed by atoms with Crippen molar-refractivity contribution in [3.8, 4) is 0 Å². The number of aryl methyl sites for hydroxylation is 1. The number of hydrogen-bond donors (Lipinski definition) is 1. The molecule has 0 bridgehead atoms. The van der Waals surface area contributed by atoms with Crippen LogP contribution in [0.25, 0.3) is 11.2 Å². The van der Waals surface area contributed by atoms with Gasteiger partial charge < -0.3 is 9.67 Å². The van der Waals surface area contributed by atoms with E-state index >= 15 is 0 Å². The van der Waals surface area contributed by atoms with E-state index in [1.54, 1.807) is 13.4 Å². The number of aliphatic hydroxyl groups excluding tert-OH is 1. The van der Waals surface area contributed by atoms with Gasteiger partial charge in [-0.05, 0) is 6.07 Å². The van der Waals surface area contributed by atoms with Gasteiger partial charge in [-0.15, -0.1) is 0 Å². The molecule has 10 heteroatoms. The van der Waals surface area contributed by atoms with Gasteiger partial charge in [-0.3, -0.25) is 23.5 Å². The molecule has 0 unspecified atom stereocenters. The normalized spacial score (nSPS) is 14.9. The second-order valence-electron chi connectivity index (χ2n) is 6.60. The standard InChI is InChI=1S/C16H21N7O3/c1-19-14-13(15(25)20(2)16(19)26)22(10-17-14)5-3-21-4-6-23-12(8-21)7-11(9-24)18-23/h7,10,24H,3-6,8-9H2,1-2H3. The van der Waals surface area contributed by atoms with Gasteiger partial charge in [0.05, 0.1) is 30.9 Å². The van der Waals surface area contributed by atoms with Crippen molar-refractivity contribution in [1.29, 1.82) is 0 Å². The molecule has 138 valence electrons. The molecule has 1 aliphatic rings. The molecular formula is C16H21N7O3. The van der Waals surface area contributed by atoms with Crippen LogP contribution in [0.2, 0.25) is 0 Å². The van der Waals surface area contributed by atoms with Crippen molar-refractivity contribution in [2.75, 3.05) is 13.1 Å². The van der Waals surface area contributed by atoms with Crippen LogP contribution in [0.3, 0.4) is 0 Å². The van der Waals surface area contributed by atoms with Crippen LogP contribution in [-0.4, -0.2) is 51.6 Å². The number of imidazole rings is 1. The maximum absolute atomic E-state index is 12.5. The molecule has 0 saturated heterocycles. The van der Waals surface area contributed by atoms with Gasteiger partial charge in [0.25, 0.3) is 5.56 Å². The van der Waals surface area contributed by atoms with Gasteiger partial charge >= 0.3 is 5.69 Å². The van der Waals surface area contributed by atoms with Crippen molar-refractivity contribution >= 4 is 11.2 Å². The van der Waals surface area contributed by atoms with E-state index in [1.807, 2.05) is 15.3 Å². The lowest BCUT2D eigenvalue weighted by Gasteiger charge is -2.27. The molecule has 3 aromatic rings. The largest absolute Gasteiger partial charge is 0.390 e. The molecule has 4 rings (SSSR count). The molecule has 0 radical (unpaired) electrons. The topological polar surface area (TPSA) is 103 Å². The number of aromatic nitrogens is 6. The van der Waals surface area contributed by atoms with E-state index in [4.69, 9.17) is 0 Å². The van der Waals surface area contributed by atoms with E-state index in [2.05, 4.69) is 15.0 Å². The van der Waals surface area contributed by atoms with Crippen LogP contribution < -0.4 is 11.2 Å². The van der Waals surface area contributed by atoms with E-state index in [0.29, 0.717) is 23.4 Å².